The molecule has 0 aromatic heterocycles. The number of amides is 1. The summed E-state index contributed by atoms with van der Waals surface area (Å²) < 4.78 is 0. The third-order valence-corrected chi connectivity index (χ3v) is 3.78. The first-order valence-corrected chi connectivity index (χ1v) is 7.08. The summed E-state index contributed by atoms with van der Waals surface area (Å²) in [7, 11) is 0. The van der Waals surface area contributed by atoms with Crippen molar-refractivity contribution in [3.8, 4) is 0 Å². The monoisotopic (exact) mass is 239 g/mol. The number of likely N-dealkylation sites (tertiary alicyclic amines) is 1. The van der Waals surface area contributed by atoms with Crippen molar-refractivity contribution in [3.63, 3.8) is 0 Å². The lowest BCUT2D eigenvalue weighted by Crippen LogP contribution is -2.44. The minimum absolute atomic E-state index is 0.334. The van der Waals surface area contributed by atoms with Gasteiger partial charge >= 0.3 is 0 Å². The number of nitrogens with one attached hydrogen (secondary N) is 2. The summed E-state index contributed by atoms with van der Waals surface area (Å²) in [5, 5.41) is 6.86. The van der Waals surface area contributed by atoms with Gasteiger partial charge in [0.1, 0.15) is 0 Å². The van der Waals surface area contributed by atoms with E-state index >= 15 is 0 Å². The fraction of sp³-hybridized carbons (Fsp3) is 0.923. The van der Waals surface area contributed by atoms with E-state index in [0.29, 0.717) is 18.4 Å². The molecule has 98 valence electrons. The largest absolute Gasteiger partial charge is 0.343 e. The van der Waals surface area contributed by atoms with Crippen LogP contribution in [0.5, 0.6) is 0 Å². The molecular formula is C13H25N3O. The van der Waals surface area contributed by atoms with Crippen LogP contribution in [0.25, 0.3) is 0 Å². The topological polar surface area (TPSA) is 44.4 Å². The SMILES string of the molecule is O=C(CCNC1CCCNC1)N1CCCCC1. The molecule has 4 nitrogen and oxygen atoms in total. The minimum Gasteiger partial charge on any atom is -0.343 e. The summed E-state index contributed by atoms with van der Waals surface area (Å²) in [5.41, 5.74) is 0. The highest BCUT2D eigenvalue weighted by Crippen LogP contribution is 2.09. The van der Waals surface area contributed by atoms with Crippen LogP contribution in [0.1, 0.15) is 38.5 Å². The summed E-state index contributed by atoms with van der Waals surface area (Å²) in [6, 6.07) is 0.568. The van der Waals surface area contributed by atoms with Crippen molar-refractivity contribution >= 4 is 5.91 Å². The smallest absolute Gasteiger partial charge is 0.223 e. The lowest BCUT2D eigenvalue weighted by molar-refractivity contribution is -0.132. The summed E-state index contributed by atoms with van der Waals surface area (Å²) in [6.45, 7) is 4.98. The first kappa shape index (κ1) is 12.8. The maximum Gasteiger partial charge on any atom is 0.223 e. The Bertz CT molecular complexity index is 233. The van der Waals surface area contributed by atoms with Gasteiger partial charge in [0.05, 0.1) is 0 Å². The molecule has 1 unspecified atom stereocenters. The fourth-order valence-corrected chi connectivity index (χ4v) is 2.71. The van der Waals surface area contributed by atoms with Crippen LogP contribution in [-0.4, -0.2) is 49.6 Å². The molecule has 2 heterocycles. The zero-order valence-electron chi connectivity index (χ0n) is 10.7. The minimum atomic E-state index is 0.334. The van der Waals surface area contributed by atoms with Crippen molar-refractivity contribution in [2.75, 3.05) is 32.7 Å². The van der Waals surface area contributed by atoms with Crippen molar-refractivity contribution in [3.05, 3.63) is 0 Å². The molecule has 0 spiro atoms. The molecule has 1 atom stereocenters. The quantitative estimate of drug-likeness (QED) is 0.760. The highest BCUT2D eigenvalue weighted by atomic mass is 16.2. The van der Waals surface area contributed by atoms with Gasteiger partial charge in [0.25, 0.3) is 0 Å². The van der Waals surface area contributed by atoms with Crippen molar-refractivity contribution in [1.82, 2.24) is 15.5 Å². The molecule has 1 amide bonds. The van der Waals surface area contributed by atoms with E-state index in [9.17, 15) is 4.79 Å². The summed E-state index contributed by atoms with van der Waals surface area (Å²) in [5.74, 6) is 0.334. The molecule has 0 bridgehead atoms. The van der Waals surface area contributed by atoms with E-state index in [0.717, 1.165) is 32.7 Å². The molecule has 4 heteroatoms. The van der Waals surface area contributed by atoms with E-state index in [-0.39, 0.29) is 0 Å². The van der Waals surface area contributed by atoms with E-state index in [4.69, 9.17) is 0 Å². The van der Waals surface area contributed by atoms with E-state index < -0.39 is 0 Å². The molecule has 2 fully saturated rings. The lowest BCUT2D eigenvalue weighted by Gasteiger charge is -2.28. The fourth-order valence-electron chi connectivity index (χ4n) is 2.71. The van der Waals surface area contributed by atoms with Crippen LogP contribution in [0.2, 0.25) is 0 Å². The molecule has 0 aromatic carbocycles. The van der Waals surface area contributed by atoms with Gasteiger partial charge in [-0.1, -0.05) is 0 Å². The van der Waals surface area contributed by atoms with Gasteiger partial charge in [-0.3, -0.25) is 4.79 Å². The van der Waals surface area contributed by atoms with Crippen LogP contribution >= 0.6 is 0 Å². The number of piperidine rings is 2. The van der Waals surface area contributed by atoms with Gasteiger partial charge in [-0.15, -0.1) is 0 Å². The number of nitrogens with zero attached hydrogens (tertiary/aromatic N) is 1. The highest BCUT2D eigenvalue weighted by molar-refractivity contribution is 5.76. The Morgan fingerprint density at radius 3 is 2.76 bits per heavy atom. The Morgan fingerprint density at radius 2 is 2.06 bits per heavy atom. The molecular weight excluding hydrogens is 214 g/mol. The normalized spacial score (nSPS) is 25.9. The van der Waals surface area contributed by atoms with Gasteiger partial charge in [0.15, 0.2) is 0 Å². The van der Waals surface area contributed by atoms with Gasteiger partial charge in [0.2, 0.25) is 5.91 Å². The predicted molar refractivity (Wildman–Crippen MR) is 68.9 cm³/mol. The number of hydrogen-bond acceptors (Lipinski definition) is 3. The lowest BCUT2D eigenvalue weighted by atomic mass is 10.1. The molecule has 2 rings (SSSR count). The van der Waals surface area contributed by atoms with Crippen molar-refractivity contribution < 1.29 is 4.79 Å². The van der Waals surface area contributed by atoms with Crippen molar-refractivity contribution in [2.45, 2.75) is 44.6 Å². The summed E-state index contributed by atoms with van der Waals surface area (Å²) in [4.78, 5) is 13.9. The van der Waals surface area contributed by atoms with E-state index in [2.05, 4.69) is 10.6 Å². The Balaban J connectivity index is 1.58. The maximum atomic E-state index is 11.9. The second-order valence-corrected chi connectivity index (χ2v) is 5.19. The van der Waals surface area contributed by atoms with Crippen molar-refractivity contribution in [2.24, 2.45) is 0 Å². The average Bonchev–Trinajstić information content (AvgIpc) is 2.41. The molecule has 0 aromatic rings. The van der Waals surface area contributed by atoms with E-state index in [1.165, 1.54) is 32.1 Å². The molecule has 2 aliphatic heterocycles. The highest BCUT2D eigenvalue weighted by Gasteiger charge is 2.17. The third-order valence-electron chi connectivity index (χ3n) is 3.78. The molecule has 2 aliphatic rings. The molecule has 17 heavy (non-hydrogen) atoms. The second-order valence-electron chi connectivity index (χ2n) is 5.19. The first-order valence-electron chi connectivity index (χ1n) is 7.08. The van der Waals surface area contributed by atoms with Crippen molar-refractivity contribution in [1.29, 1.82) is 0 Å². The Kier molecular flexibility index (Phi) is 5.26. The molecule has 0 aliphatic carbocycles. The summed E-state index contributed by atoms with van der Waals surface area (Å²) in [6.07, 6.45) is 6.81. The van der Waals surface area contributed by atoms with Gasteiger partial charge in [-0.25, -0.2) is 0 Å². The van der Waals surface area contributed by atoms with Crippen LogP contribution in [-0.2, 0) is 4.79 Å². The Hall–Kier alpha value is -0.610. The molecule has 2 saturated heterocycles. The van der Waals surface area contributed by atoms with Crippen LogP contribution in [0.4, 0.5) is 0 Å². The van der Waals surface area contributed by atoms with Gasteiger partial charge in [0, 0.05) is 38.6 Å². The van der Waals surface area contributed by atoms with Gasteiger partial charge in [-0.2, -0.15) is 0 Å². The van der Waals surface area contributed by atoms with Crippen LogP contribution < -0.4 is 10.6 Å². The van der Waals surface area contributed by atoms with E-state index in [1.807, 2.05) is 4.90 Å². The first-order chi connectivity index (χ1) is 8.36. The van der Waals surface area contributed by atoms with Crippen LogP contribution in [0.15, 0.2) is 0 Å². The number of carbonyl (C=O) groups excluding carboxylic acids is 1. The third kappa shape index (κ3) is 4.28. The average molecular weight is 239 g/mol. The molecule has 0 saturated carbocycles. The van der Waals surface area contributed by atoms with Gasteiger partial charge in [-0.05, 0) is 38.6 Å². The maximum absolute atomic E-state index is 11.9. The van der Waals surface area contributed by atoms with Crippen LogP contribution in [0.3, 0.4) is 0 Å². The zero-order chi connectivity index (χ0) is 11.9. The molecule has 0 radical (unpaired) electrons. The van der Waals surface area contributed by atoms with Gasteiger partial charge < -0.3 is 15.5 Å². The summed E-state index contributed by atoms with van der Waals surface area (Å²) >= 11 is 0. The molecule has 2 N–H and O–H groups in total. The predicted octanol–water partition coefficient (Wildman–Crippen LogP) is 0.731. The Morgan fingerprint density at radius 1 is 1.24 bits per heavy atom. The number of carbonyl (C=O) groups is 1. The van der Waals surface area contributed by atoms with E-state index in [1.54, 1.807) is 0 Å². The zero-order valence-corrected chi connectivity index (χ0v) is 10.7. The standard InChI is InChI=1S/C13H25N3O/c17-13(16-9-2-1-3-10-16)6-8-15-12-5-4-7-14-11-12/h12,14-15H,1-11H2. The second kappa shape index (κ2) is 6.97. The number of hydrogen-bond donors (Lipinski definition) is 2. The Labute approximate surface area is 104 Å². The number of rotatable bonds is 4. The van der Waals surface area contributed by atoms with Crippen LogP contribution in [0, 0.1) is 0 Å².